The number of likely N-dealkylation sites (N-methyl/N-ethyl adjacent to an activating group) is 1. The van der Waals surface area contributed by atoms with Crippen molar-refractivity contribution in [2.45, 2.75) is 24.2 Å². The summed E-state index contributed by atoms with van der Waals surface area (Å²) in [5.74, 6) is -0.0132. The number of nitrogens with one attached hydrogen (secondary N) is 1. The summed E-state index contributed by atoms with van der Waals surface area (Å²) in [5.41, 5.74) is 0.718. The maximum absolute atomic E-state index is 12.9. The van der Waals surface area contributed by atoms with Crippen molar-refractivity contribution in [2.75, 3.05) is 57.2 Å². The second-order valence-electron chi connectivity index (χ2n) is 8.16. The number of rotatable bonds is 8. The molecule has 4 rings (SSSR count). The van der Waals surface area contributed by atoms with Gasteiger partial charge in [0.1, 0.15) is 0 Å². The molecule has 30 heavy (non-hydrogen) atoms. The lowest BCUT2D eigenvalue weighted by Crippen LogP contribution is -2.45. The molecule has 0 spiro atoms. The molecule has 8 heteroatoms. The number of hydrogen-bond acceptors (Lipinski definition) is 5. The first-order valence-corrected chi connectivity index (χ1v) is 12.1. The number of piperazine rings is 1. The van der Waals surface area contributed by atoms with Gasteiger partial charge in [-0.2, -0.15) is 0 Å². The van der Waals surface area contributed by atoms with Crippen LogP contribution in [0.4, 0.5) is 5.69 Å². The minimum Gasteiger partial charge on any atom is -0.356 e. The lowest BCUT2D eigenvalue weighted by atomic mass is 10.1. The largest absolute Gasteiger partial charge is 0.356 e. The fraction of sp³-hybridized carbons (Fsp3) is 0.500. The van der Waals surface area contributed by atoms with Crippen LogP contribution in [0, 0.1) is 0 Å². The van der Waals surface area contributed by atoms with Gasteiger partial charge < -0.3 is 15.1 Å². The fourth-order valence-electron chi connectivity index (χ4n) is 4.27. The van der Waals surface area contributed by atoms with Crippen molar-refractivity contribution in [3.05, 3.63) is 36.4 Å². The molecule has 0 atom stereocenters. The quantitative estimate of drug-likeness (QED) is 0.648. The highest BCUT2D eigenvalue weighted by Gasteiger charge is 2.35. The Bertz CT molecular complexity index is 1010. The Morgan fingerprint density at radius 3 is 2.50 bits per heavy atom. The number of nitrogens with zero attached hydrogens (tertiary/aromatic N) is 3. The summed E-state index contributed by atoms with van der Waals surface area (Å²) in [7, 11) is -1.40. The number of benzene rings is 2. The number of amides is 1. The second-order valence-corrected chi connectivity index (χ2v) is 9.99. The van der Waals surface area contributed by atoms with E-state index >= 15 is 0 Å². The molecule has 2 aromatic rings. The van der Waals surface area contributed by atoms with Crippen LogP contribution < -0.4 is 9.62 Å². The van der Waals surface area contributed by atoms with Gasteiger partial charge in [-0.3, -0.25) is 9.10 Å². The number of carbonyl (C=O) groups excluding carboxylic acids is 1. The van der Waals surface area contributed by atoms with E-state index in [1.807, 2.05) is 24.3 Å². The summed E-state index contributed by atoms with van der Waals surface area (Å²) >= 11 is 0. The average molecular weight is 431 g/mol. The summed E-state index contributed by atoms with van der Waals surface area (Å²) in [4.78, 5) is 17.3. The minimum atomic E-state index is -3.54. The van der Waals surface area contributed by atoms with E-state index in [1.54, 1.807) is 12.1 Å². The molecular formula is C22H30N4O3S. The summed E-state index contributed by atoms with van der Waals surface area (Å²) in [6.45, 7) is 6.35. The van der Waals surface area contributed by atoms with Gasteiger partial charge in [0.2, 0.25) is 5.91 Å². The molecule has 1 amide bonds. The van der Waals surface area contributed by atoms with E-state index in [2.05, 4.69) is 22.2 Å². The molecule has 0 aromatic heterocycles. The highest BCUT2D eigenvalue weighted by molar-refractivity contribution is 7.93. The first-order valence-electron chi connectivity index (χ1n) is 10.7. The fourth-order valence-corrected chi connectivity index (χ4v) is 6.02. The molecular weight excluding hydrogens is 400 g/mol. The third kappa shape index (κ3) is 4.31. The average Bonchev–Trinajstić information content (AvgIpc) is 2.96. The molecule has 0 saturated carbocycles. The number of hydrogen-bond donors (Lipinski definition) is 1. The molecule has 7 nitrogen and oxygen atoms in total. The van der Waals surface area contributed by atoms with Crippen molar-refractivity contribution >= 4 is 32.4 Å². The van der Waals surface area contributed by atoms with Gasteiger partial charge in [0.05, 0.1) is 10.6 Å². The minimum absolute atomic E-state index is 0.0132. The van der Waals surface area contributed by atoms with Crippen LogP contribution in [0.5, 0.6) is 0 Å². The molecule has 2 aliphatic heterocycles. The van der Waals surface area contributed by atoms with Crippen LogP contribution in [-0.2, 0) is 14.8 Å². The summed E-state index contributed by atoms with van der Waals surface area (Å²) in [5, 5.41) is 4.68. The van der Waals surface area contributed by atoms with E-state index in [1.165, 1.54) is 4.31 Å². The molecule has 2 aromatic carbocycles. The van der Waals surface area contributed by atoms with Gasteiger partial charge in [-0.1, -0.05) is 24.3 Å². The molecule has 1 fully saturated rings. The number of carbonyl (C=O) groups is 1. The van der Waals surface area contributed by atoms with E-state index < -0.39 is 10.0 Å². The van der Waals surface area contributed by atoms with Gasteiger partial charge in [-0.05, 0) is 44.0 Å². The molecule has 1 saturated heterocycles. The summed E-state index contributed by atoms with van der Waals surface area (Å²) in [6, 6.07) is 11.0. The molecule has 1 N–H and O–H groups in total. The molecule has 0 aliphatic carbocycles. The van der Waals surface area contributed by atoms with Crippen LogP contribution in [0.15, 0.2) is 41.3 Å². The topological polar surface area (TPSA) is 73.0 Å². The van der Waals surface area contributed by atoms with Crippen LogP contribution in [0.1, 0.15) is 19.3 Å². The van der Waals surface area contributed by atoms with Crippen LogP contribution >= 0.6 is 0 Å². The molecule has 0 bridgehead atoms. The lowest BCUT2D eigenvalue weighted by molar-refractivity contribution is -0.121. The predicted octanol–water partition coefficient (Wildman–Crippen LogP) is 1.88. The molecule has 0 unspecified atom stereocenters. The van der Waals surface area contributed by atoms with E-state index in [-0.39, 0.29) is 5.91 Å². The zero-order chi connectivity index (χ0) is 21.1. The molecule has 162 valence electrons. The van der Waals surface area contributed by atoms with Crippen molar-refractivity contribution in [2.24, 2.45) is 0 Å². The Hall–Kier alpha value is -2.16. The Morgan fingerprint density at radius 1 is 1.00 bits per heavy atom. The van der Waals surface area contributed by atoms with Crippen LogP contribution in [0.25, 0.3) is 10.8 Å². The van der Waals surface area contributed by atoms with E-state index in [0.717, 1.165) is 55.6 Å². The maximum atomic E-state index is 12.9. The van der Waals surface area contributed by atoms with Crippen molar-refractivity contribution in [1.82, 2.24) is 15.1 Å². The highest BCUT2D eigenvalue weighted by Crippen LogP contribution is 2.41. The van der Waals surface area contributed by atoms with Gasteiger partial charge in [0, 0.05) is 51.1 Å². The number of sulfonamides is 1. The second kappa shape index (κ2) is 8.91. The standard InChI is InChI=1S/C22H30N4O3S/c1-24-14-16-25(17-15-24)12-5-11-23-21(27)10-4-13-26-19-8-2-6-18-7-3-9-20(22(18)19)30(26,28)29/h2-3,6-9H,4-5,10-17H2,1H3,(H,23,27). The van der Waals surface area contributed by atoms with Crippen LogP contribution in [0.2, 0.25) is 0 Å². The molecule has 0 radical (unpaired) electrons. The van der Waals surface area contributed by atoms with Gasteiger partial charge in [-0.25, -0.2) is 8.42 Å². The van der Waals surface area contributed by atoms with Crippen molar-refractivity contribution in [1.29, 1.82) is 0 Å². The SMILES string of the molecule is CN1CCN(CCCNC(=O)CCCN2c3cccc4cccc(c34)S2(=O)=O)CC1. The van der Waals surface area contributed by atoms with Gasteiger partial charge in [-0.15, -0.1) is 0 Å². The Morgan fingerprint density at radius 2 is 1.73 bits per heavy atom. The predicted molar refractivity (Wildman–Crippen MR) is 119 cm³/mol. The van der Waals surface area contributed by atoms with Gasteiger partial charge in [0.15, 0.2) is 0 Å². The zero-order valence-corrected chi connectivity index (χ0v) is 18.3. The monoisotopic (exact) mass is 430 g/mol. The third-order valence-electron chi connectivity index (χ3n) is 6.02. The van der Waals surface area contributed by atoms with E-state index in [0.29, 0.717) is 30.8 Å². The van der Waals surface area contributed by atoms with Crippen molar-refractivity contribution in [3.8, 4) is 0 Å². The Labute approximate surface area is 178 Å². The highest BCUT2D eigenvalue weighted by atomic mass is 32.2. The summed E-state index contributed by atoms with van der Waals surface area (Å²) in [6.07, 6.45) is 1.76. The van der Waals surface area contributed by atoms with E-state index in [9.17, 15) is 13.2 Å². The van der Waals surface area contributed by atoms with Gasteiger partial charge >= 0.3 is 0 Å². The van der Waals surface area contributed by atoms with Crippen molar-refractivity contribution < 1.29 is 13.2 Å². The molecule has 2 heterocycles. The van der Waals surface area contributed by atoms with Gasteiger partial charge in [0.25, 0.3) is 10.0 Å². The van der Waals surface area contributed by atoms with Crippen LogP contribution in [-0.4, -0.2) is 77.0 Å². The van der Waals surface area contributed by atoms with Crippen molar-refractivity contribution in [3.63, 3.8) is 0 Å². The first kappa shape index (κ1) is 21.1. The number of anilines is 1. The zero-order valence-electron chi connectivity index (χ0n) is 17.5. The molecule has 2 aliphatic rings. The summed E-state index contributed by atoms with van der Waals surface area (Å²) < 4.78 is 27.3. The van der Waals surface area contributed by atoms with E-state index in [4.69, 9.17) is 0 Å². The lowest BCUT2D eigenvalue weighted by Gasteiger charge is -2.32. The third-order valence-corrected chi connectivity index (χ3v) is 7.87. The van der Waals surface area contributed by atoms with Crippen LogP contribution in [0.3, 0.4) is 0 Å². The first-order chi connectivity index (χ1) is 14.5. The normalized spacial score (nSPS) is 18.8. The maximum Gasteiger partial charge on any atom is 0.265 e. The Balaban J connectivity index is 1.23. The Kier molecular flexibility index (Phi) is 6.26. The smallest absolute Gasteiger partial charge is 0.265 e.